The Balaban J connectivity index is 1.59. The van der Waals surface area contributed by atoms with Crippen LogP contribution in [0.15, 0.2) is 107 Å². The number of carbonyl (C=O) groups excluding carboxylic acids is 1. The van der Waals surface area contributed by atoms with Crippen LogP contribution in [0, 0.1) is 0 Å². The van der Waals surface area contributed by atoms with E-state index < -0.39 is 0 Å². The summed E-state index contributed by atoms with van der Waals surface area (Å²) in [5.41, 5.74) is 4.24. The molecule has 0 fully saturated rings. The Labute approximate surface area is 182 Å². The van der Waals surface area contributed by atoms with Crippen LogP contribution in [0.1, 0.15) is 15.2 Å². The maximum Gasteiger partial charge on any atom is 0.195 e. The molecule has 3 aromatic carbocycles. The molecule has 1 aromatic heterocycles. The summed E-state index contributed by atoms with van der Waals surface area (Å²) in [6.45, 7) is 0. The van der Waals surface area contributed by atoms with Gasteiger partial charge in [-0.05, 0) is 76.1 Å². The molecule has 0 unspecified atom stereocenters. The van der Waals surface area contributed by atoms with Gasteiger partial charge in [-0.25, -0.2) is 0 Å². The SMILES string of the molecule is O=C(/C=C/c1ccc(N(c2ccccc2)c2ccccc2)cc1)c1ccc(Br)s1. The van der Waals surface area contributed by atoms with Crippen LogP contribution in [0.2, 0.25) is 0 Å². The molecule has 0 N–H and O–H groups in total. The van der Waals surface area contributed by atoms with E-state index in [1.807, 2.05) is 66.7 Å². The lowest BCUT2D eigenvalue weighted by Crippen LogP contribution is -2.09. The number of anilines is 3. The number of benzene rings is 3. The van der Waals surface area contributed by atoms with Crippen molar-refractivity contribution in [3.63, 3.8) is 0 Å². The van der Waals surface area contributed by atoms with E-state index in [-0.39, 0.29) is 5.78 Å². The van der Waals surface area contributed by atoms with Gasteiger partial charge in [0.1, 0.15) is 0 Å². The van der Waals surface area contributed by atoms with Gasteiger partial charge in [0.25, 0.3) is 0 Å². The average Bonchev–Trinajstić information content (AvgIpc) is 3.21. The lowest BCUT2D eigenvalue weighted by atomic mass is 10.1. The van der Waals surface area contributed by atoms with E-state index in [1.165, 1.54) is 11.3 Å². The van der Waals surface area contributed by atoms with Gasteiger partial charge in [-0.3, -0.25) is 4.79 Å². The largest absolute Gasteiger partial charge is 0.311 e. The third-order valence-corrected chi connectivity index (χ3v) is 6.06. The van der Waals surface area contributed by atoms with Gasteiger partial charge in [0, 0.05) is 17.1 Å². The Morgan fingerprint density at radius 2 is 1.28 bits per heavy atom. The van der Waals surface area contributed by atoms with Crippen molar-refractivity contribution in [2.24, 2.45) is 0 Å². The van der Waals surface area contributed by atoms with Gasteiger partial charge in [-0.15, -0.1) is 11.3 Å². The highest BCUT2D eigenvalue weighted by Crippen LogP contribution is 2.34. The molecule has 142 valence electrons. The highest BCUT2D eigenvalue weighted by Gasteiger charge is 2.11. The number of thiophene rings is 1. The zero-order valence-corrected chi connectivity index (χ0v) is 17.9. The second-order valence-corrected chi connectivity index (χ2v) is 8.86. The monoisotopic (exact) mass is 459 g/mol. The number of carbonyl (C=O) groups is 1. The number of allylic oxidation sites excluding steroid dienone is 1. The van der Waals surface area contributed by atoms with Gasteiger partial charge >= 0.3 is 0 Å². The summed E-state index contributed by atoms with van der Waals surface area (Å²) in [6.07, 6.45) is 3.48. The zero-order chi connectivity index (χ0) is 20.1. The highest BCUT2D eigenvalue weighted by atomic mass is 79.9. The van der Waals surface area contributed by atoms with Crippen molar-refractivity contribution in [3.8, 4) is 0 Å². The standard InChI is InChI=1S/C25H18BrNOS/c26-25-18-17-24(29-25)23(28)16-13-19-11-14-22(15-12-19)27(20-7-3-1-4-8-20)21-9-5-2-6-10-21/h1-18H/b16-13+. The van der Waals surface area contributed by atoms with Crippen molar-refractivity contribution in [2.75, 3.05) is 4.90 Å². The molecule has 0 spiro atoms. The molecular formula is C25H18BrNOS. The molecule has 0 bridgehead atoms. The molecule has 0 atom stereocenters. The van der Waals surface area contributed by atoms with Crippen LogP contribution in [0.5, 0.6) is 0 Å². The van der Waals surface area contributed by atoms with E-state index in [0.717, 1.165) is 31.3 Å². The van der Waals surface area contributed by atoms with E-state index in [0.29, 0.717) is 0 Å². The van der Waals surface area contributed by atoms with Crippen LogP contribution < -0.4 is 4.90 Å². The summed E-state index contributed by atoms with van der Waals surface area (Å²) in [4.78, 5) is 15.2. The fraction of sp³-hybridized carbons (Fsp3) is 0. The fourth-order valence-corrected chi connectivity index (χ4v) is 4.34. The second-order valence-electron chi connectivity index (χ2n) is 6.40. The lowest BCUT2D eigenvalue weighted by Gasteiger charge is -2.25. The first-order valence-corrected chi connectivity index (χ1v) is 10.8. The predicted octanol–water partition coefficient (Wildman–Crippen LogP) is 7.88. The van der Waals surface area contributed by atoms with Gasteiger partial charge in [-0.2, -0.15) is 0 Å². The first-order chi connectivity index (χ1) is 14.2. The van der Waals surface area contributed by atoms with Crippen LogP contribution in [0.25, 0.3) is 6.08 Å². The number of hydrogen-bond acceptors (Lipinski definition) is 3. The molecule has 0 amide bonds. The fourth-order valence-electron chi connectivity index (χ4n) is 3.04. The van der Waals surface area contributed by atoms with E-state index >= 15 is 0 Å². The van der Waals surface area contributed by atoms with Gasteiger partial charge in [0.2, 0.25) is 0 Å². The van der Waals surface area contributed by atoms with Crippen LogP contribution in [-0.4, -0.2) is 5.78 Å². The smallest absolute Gasteiger partial charge is 0.195 e. The van der Waals surface area contributed by atoms with E-state index in [4.69, 9.17) is 0 Å². The summed E-state index contributed by atoms with van der Waals surface area (Å²) in [6, 6.07) is 32.5. The Kier molecular flexibility index (Phi) is 6.03. The Morgan fingerprint density at radius 3 is 1.79 bits per heavy atom. The van der Waals surface area contributed by atoms with Crippen molar-refractivity contribution >= 4 is 56.2 Å². The van der Waals surface area contributed by atoms with Crippen molar-refractivity contribution in [1.29, 1.82) is 0 Å². The third-order valence-electron chi connectivity index (χ3n) is 4.42. The molecule has 0 saturated heterocycles. The summed E-state index contributed by atoms with van der Waals surface area (Å²) < 4.78 is 0.959. The van der Waals surface area contributed by atoms with Gasteiger partial charge in [0.15, 0.2) is 5.78 Å². The van der Waals surface area contributed by atoms with Gasteiger partial charge < -0.3 is 4.90 Å². The number of halogens is 1. The summed E-state index contributed by atoms with van der Waals surface area (Å²) >= 11 is 4.84. The van der Waals surface area contributed by atoms with Crippen LogP contribution in [0.3, 0.4) is 0 Å². The molecule has 1 heterocycles. The summed E-state index contributed by atoms with van der Waals surface area (Å²) in [5.74, 6) is 0.0139. The summed E-state index contributed by atoms with van der Waals surface area (Å²) in [5, 5.41) is 0. The molecule has 0 radical (unpaired) electrons. The van der Waals surface area contributed by atoms with Crippen LogP contribution >= 0.6 is 27.3 Å². The van der Waals surface area contributed by atoms with Crippen molar-refractivity contribution in [2.45, 2.75) is 0 Å². The third kappa shape index (κ3) is 4.73. The molecule has 2 nitrogen and oxygen atoms in total. The second kappa shape index (κ2) is 9.03. The first kappa shape index (κ1) is 19.4. The Morgan fingerprint density at radius 1 is 0.724 bits per heavy atom. The predicted molar refractivity (Wildman–Crippen MR) is 127 cm³/mol. The van der Waals surface area contributed by atoms with Crippen LogP contribution in [-0.2, 0) is 0 Å². The minimum absolute atomic E-state index is 0.0139. The Bertz CT molecular complexity index is 1080. The molecular weight excluding hydrogens is 442 g/mol. The van der Waals surface area contributed by atoms with Crippen molar-refractivity contribution < 1.29 is 4.79 Å². The minimum Gasteiger partial charge on any atom is -0.311 e. The number of nitrogens with zero attached hydrogens (tertiary/aromatic N) is 1. The van der Waals surface area contributed by atoms with Gasteiger partial charge in [0.05, 0.1) is 8.66 Å². The van der Waals surface area contributed by atoms with Crippen molar-refractivity contribution in [3.05, 3.63) is 117 Å². The zero-order valence-electron chi connectivity index (χ0n) is 15.5. The average molecular weight is 460 g/mol. The lowest BCUT2D eigenvalue weighted by molar-refractivity contribution is 0.105. The maximum atomic E-state index is 12.3. The summed E-state index contributed by atoms with van der Waals surface area (Å²) in [7, 11) is 0. The molecule has 0 aliphatic heterocycles. The number of para-hydroxylation sites is 2. The topological polar surface area (TPSA) is 20.3 Å². The molecule has 4 aromatic rings. The van der Waals surface area contributed by atoms with Crippen molar-refractivity contribution in [1.82, 2.24) is 0 Å². The van der Waals surface area contributed by atoms with E-state index in [1.54, 1.807) is 6.08 Å². The number of ketones is 1. The highest BCUT2D eigenvalue weighted by molar-refractivity contribution is 9.11. The molecule has 0 aliphatic carbocycles. The maximum absolute atomic E-state index is 12.3. The molecule has 0 aliphatic rings. The Hall–Kier alpha value is -2.95. The quantitative estimate of drug-likeness (QED) is 0.216. The minimum atomic E-state index is 0.0139. The first-order valence-electron chi connectivity index (χ1n) is 9.19. The molecule has 4 heteroatoms. The molecule has 29 heavy (non-hydrogen) atoms. The number of hydrogen-bond donors (Lipinski definition) is 0. The van der Waals surface area contributed by atoms with Crippen LogP contribution in [0.4, 0.5) is 17.1 Å². The van der Waals surface area contributed by atoms with E-state index in [9.17, 15) is 4.79 Å². The molecule has 4 rings (SSSR count). The normalized spacial score (nSPS) is 10.9. The van der Waals surface area contributed by atoms with E-state index in [2.05, 4.69) is 57.2 Å². The molecule has 0 saturated carbocycles. The van der Waals surface area contributed by atoms with Gasteiger partial charge in [-0.1, -0.05) is 54.6 Å². The number of rotatable bonds is 6.